The van der Waals surface area contributed by atoms with Gasteiger partial charge in [0, 0.05) is 6.54 Å². The molecule has 2 aromatic rings. The smallest absolute Gasteiger partial charge is 0.312 e. The molecule has 0 saturated carbocycles. The highest BCUT2D eigenvalue weighted by Crippen LogP contribution is 2.20. The van der Waals surface area contributed by atoms with E-state index < -0.39 is 12.1 Å². The first-order valence-corrected chi connectivity index (χ1v) is 9.48. The van der Waals surface area contributed by atoms with Crippen LogP contribution in [0.5, 0.6) is 0 Å². The number of nitrogens with two attached hydrogens (primary N) is 2. The van der Waals surface area contributed by atoms with Crippen molar-refractivity contribution in [2.24, 2.45) is 11.5 Å². The Morgan fingerprint density at radius 2 is 1.81 bits per heavy atom. The van der Waals surface area contributed by atoms with Crippen LogP contribution in [0.3, 0.4) is 0 Å². The Balaban J connectivity index is 0.00000338. The van der Waals surface area contributed by atoms with Crippen LogP contribution in [0.25, 0.3) is 10.8 Å². The van der Waals surface area contributed by atoms with Crippen molar-refractivity contribution in [3.63, 3.8) is 0 Å². The molecule has 0 fully saturated rings. The van der Waals surface area contributed by atoms with E-state index in [-0.39, 0.29) is 30.9 Å². The molecule has 6 N–H and O–H groups in total. The van der Waals surface area contributed by atoms with Crippen molar-refractivity contribution in [2.75, 3.05) is 18.6 Å². The number of thioether (sulfide) groups is 1. The number of benzene rings is 2. The van der Waals surface area contributed by atoms with Crippen LogP contribution in [0.15, 0.2) is 42.5 Å². The summed E-state index contributed by atoms with van der Waals surface area (Å²) >= 11 is 1.60. The van der Waals surface area contributed by atoms with Crippen LogP contribution in [0.4, 0.5) is 4.79 Å². The number of urea groups is 1. The molecule has 2 atom stereocenters. The third-order valence-corrected chi connectivity index (χ3v) is 4.62. The van der Waals surface area contributed by atoms with Gasteiger partial charge in [-0.15, -0.1) is 12.4 Å². The summed E-state index contributed by atoms with van der Waals surface area (Å²) in [5, 5.41) is 7.63. The molecule has 6 nitrogen and oxygen atoms in total. The molecule has 142 valence electrons. The summed E-state index contributed by atoms with van der Waals surface area (Å²) in [6.45, 7) is 0.260. The minimum atomic E-state index is -0.712. The summed E-state index contributed by atoms with van der Waals surface area (Å²) in [7, 11) is 0. The van der Waals surface area contributed by atoms with Gasteiger partial charge in [0.05, 0.1) is 6.04 Å². The number of carbonyl (C=O) groups excluding carboxylic acids is 2. The van der Waals surface area contributed by atoms with Gasteiger partial charge in [0.15, 0.2) is 0 Å². The molecule has 0 heterocycles. The number of nitrogens with one attached hydrogen (secondary N) is 2. The molecule has 8 heteroatoms. The summed E-state index contributed by atoms with van der Waals surface area (Å²) in [6, 6.07) is 12.3. The monoisotopic (exact) mass is 396 g/mol. The zero-order chi connectivity index (χ0) is 18.2. The van der Waals surface area contributed by atoms with E-state index in [9.17, 15) is 9.59 Å². The first-order valence-electron chi connectivity index (χ1n) is 8.09. The first kappa shape index (κ1) is 22.1. The fraction of sp³-hybridized carbons (Fsp3) is 0.333. The van der Waals surface area contributed by atoms with Gasteiger partial charge in [0.2, 0.25) is 5.91 Å². The van der Waals surface area contributed by atoms with Crippen LogP contribution in [0, 0.1) is 0 Å². The predicted molar refractivity (Wildman–Crippen MR) is 111 cm³/mol. The second-order valence-corrected chi connectivity index (χ2v) is 6.73. The van der Waals surface area contributed by atoms with Gasteiger partial charge in [-0.2, -0.15) is 11.8 Å². The average molecular weight is 397 g/mol. The van der Waals surface area contributed by atoms with Crippen molar-refractivity contribution in [3.05, 3.63) is 48.0 Å². The highest BCUT2D eigenvalue weighted by molar-refractivity contribution is 7.98. The number of hydrogen-bond acceptors (Lipinski definition) is 4. The summed E-state index contributed by atoms with van der Waals surface area (Å²) in [4.78, 5) is 23.7. The molecule has 0 radical (unpaired) electrons. The molecule has 0 saturated heterocycles. The molecule has 0 aliphatic rings. The Morgan fingerprint density at radius 3 is 2.42 bits per heavy atom. The van der Waals surface area contributed by atoms with E-state index >= 15 is 0 Å². The molecule has 2 rings (SSSR count). The topological polar surface area (TPSA) is 110 Å². The molecule has 2 aromatic carbocycles. The Morgan fingerprint density at radius 1 is 1.12 bits per heavy atom. The average Bonchev–Trinajstić information content (AvgIpc) is 2.62. The third-order valence-electron chi connectivity index (χ3n) is 3.97. The maximum absolute atomic E-state index is 12.5. The molecule has 3 amide bonds. The molecular weight excluding hydrogens is 372 g/mol. The lowest BCUT2D eigenvalue weighted by Crippen LogP contribution is -2.50. The Bertz CT molecular complexity index is 744. The molecule has 0 spiro atoms. The van der Waals surface area contributed by atoms with E-state index in [1.807, 2.05) is 48.7 Å². The summed E-state index contributed by atoms with van der Waals surface area (Å²) in [6.07, 6.45) is 2.45. The molecule has 0 aliphatic heterocycles. The second kappa shape index (κ2) is 10.9. The van der Waals surface area contributed by atoms with Crippen molar-refractivity contribution < 1.29 is 9.59 Å². The molecular formula is C18H25ClN4O2S. The summed E-state index contributed by atoms with van der Waals surface area (Å²) < 4.78 is 0. The van der Waals surface area contributed by atoms with E-state index in [4.69, 9.17) is 11.5 Å². The fourth-order valence-corrected chi connectivity index (χ4v) is 3.12. The van der Waals surface area contributed by atoms with E-state index in [1.54, 1.807) is 11.8 Å². The van der Waals surface area contributed by atoms with Crippen LogP contribution < -0.4 is 22.1 Å². The minimum Gasteiger partial charge on any atom is -0.352 e. The van der Waals surface area contributed by atoms with Crippen LogP contribution in [0.1, 0.15) is 18.0 Å². The maximum Gasteiger partial charge on any atom is 0.312 e. The minimum absolute atomic E-state index is 0. The SMILES string of the molecule is CSCCC(NC(N)=O)C(=O)NC(CN)c1ccc2ccccc2c1.Cl. The van der Waals surface area contributed by atoms with Crippen LogP contribution in [-0.4, -0.2) is 36.5 Å². The zero-order valence-corrected chi connectivity index (χ0v) is 16.2. The normalized spacial score (nSPS) is 12.7. The number of halogens is 1. The van der Waals surface area contributed by atoms with Gasteiger partial charge >= 0.3 is 6.03 Å². The van der Waals surface area contributed by atoms with E-state index in [0.29, 0.717) is 6.42 Å². The number of amides is 3. The number of rotatable bonds is 8. The summed E-state index contributed by atoms with van der Waals surface area (Å²) in [5.41, 5.74) is 12.0. The van der Waals surface area contributed by atoms with Gasteiger partial charge in [0.25, 0.3) is 0 Å². The number of carbonyl (C=O) groups is 2. The van der Waals surface area contributed by atoms with Gasteiger partial charge in [-0.25, -0.2) is 4.79 Å². The predicted octanol–water partition coefficient (Wildman–Crippen LogP) is 2.17. The fourth-order valence-electron chi connectivity index (χ4n) is 2.65. The van der Waals surface area contributed by atoms with Crippen LogP contribution in [0.2, 0.25) is 0 Å². The summed E-state index contributed by atoms with van der Waals surface area (Å²) in [5.74, 6) is 0.457. The Hall–Kier alpha value is -1.96. The van der Waals surface area contributed by atoms with Gasteiger partial charge in [-0.3, -0.25) is 4.79 Å². The Labute approximate surface area is 163 Å². The lowest BCUT2D eigenvalue weighted by atomic mass is 10.0. The number of hydrogen-bond donors (Lipinski definition) is 4. The van der Waals surface area contributed by atoms with Gasteiger partial charge in [-0.05, 0) is 40.8 Å². The second-order valence-electron chi connectivity index (χ2n) is 5.75. The Kier molecular flexibility index (Phi) is 9.26. The van der Waals surface area contributed by atoms with Crippen molar-refractivity contribution in [1.82, 2.24) is 10.6 Å². The molecule has 0 bridgehead atoms. The van der Waals surface area contributed by atoms with E-state index in [1.165, 1.54) is 0 Å². The van der Waals surface area contributed by atoms with E-state index in [0.717, 1.165) is 22.1 Å². The zero-order valence-electron chi connectivity index (χ0n) is 14.6. The molecule has 26 heavy (non-hydrogen) atoms. The van der Waals surface area contributed by atoms with Gasteiger partial charge in [0.1, 0.15) is 6.04 Å². The van der Waals surface area contributed by atoms with Crippen molar-refractivity contribution >= 4 is 46.9 Å². The highest BCUT2D eigenvalue weighted by Gasteiger charge is 2.22. The molecule has 0 aromatic heterocycles. The van der Waals surface area contributed by atoms with Gasteiger partial charge in [-0.1, -0.05) is 36.4 Å². The standard InChI is InChI=1S/C18H24N4O2S.ClH/c1-25-9-8-15(22-18(20)24)17(23)21-16(11-19)14-7-6-12-4-2-3-5-13(12)10-14;/h2-7,10,15-16H,8-9,11,19H2,1H3,(H,21,23)(H3,20,22,24);1H. The van der Waals surface area contributed by atoms with Crippen LogP contribution in [-0.2, 0) is 4.79 Å². The van der Waals surface area contributed by atoms with Crippen molar-refractivity contribution in [3.8, 4) is 0 Å². The first-order chi connectivity index (χ1) is 12.0. The van der Waals surface area contributed by atoms with Crippen molar-refractivity contribution in [1.29, 1.82) is 0 Å². The largest absolute Gasteiger partial charge is 0.352 e. The highest BCUT2D eigenvalue weighted by atomic mass is 35.5. The molecule has 2 unspecified atom stereocenters. The quantitative estimate of drug-likeness (QED) is 0.548. The lowest BCUT2D eigenvalue weighted by molar-refractivity contribution is -0.123. The number of primary amides is 1. The lowest BCUT2D eigenvalue weighted by Gasteiger charge is -2.22. The van der Waals surface area contributed by atoms with Crippen LogP contribution >= 0.6 is 24.2 Å². The third kappa shape index (κ3) is 6.09. The van der Waals surface area contributed by atoms with Gasteiger partial charge < -0.3 is 22.1 Å². The van der Waals surface area contributed by atoms with E-state index in [2.05, 4.69) is 10.6 Å². The maximum atomic E-state index is 12.5. The number of fused-ring (bicyclic) bond motifs is 1. The van der Waals surface area contributed by atoms with Crippen molar-refractivity contribution in [2.45, 2.75) is 18.5 Å². The molecule has 0 aliphatic carbocycles.